The fraction of sp³-hybridized carbons (Fsp3) is 0. The molecule has 55 heavy (non-hydrogen) atoms. The van der Waals surface area contributed by atoms with Crippen LogP contribution in [-0.4, -0.2) is 0 Å². The van der Waals surface area contributed by atoms with E-state index in [-0.39, 0.29) is 0 Å². The molecule has 0 saturated carbocycles. The van der Waals surface area contributed by atoms with E-state index in [1.54, 1.807) is 0 Å². The van der Waals surface area contributed by atoms with Crippen LogP contribution in [0, 0.1) is 0 Å². The molecule has 10 aromatic carbocycles. The van der Waals surface area contributed by atoms with Crippen molar-refractivity contribution < 1.29 is 0 Å². The molecule has 0 aromatic heterocycles. The molecule has 0 amide bonds. The summed E-state index contributed by atoms with van der Waals surface area (Å²) in [6, 6.07) is 81.5. The maximum Gasteiger partial charge on any atom is 0.0467 e. The number of nitrogens with zero attached hydrogens (tertiary/aromatic N) is 1. The highest BCUT2D eigenvalue weighted by Gasteiger charge is 2.17. The molecule has 0 aliphatic carbocycles. The minimum atomic E-state index is 1.09. The van der Waals surface area contributed by atoms with Crippen LogP contribution in [0.15, 0.2) is 224 Å². The molecule has 10 rings (SSSR count). The number of hydrogen-bond donors (Lipinski definition) is 0. The van der Waals surface area contributed by atoms with E-state index in [1.807, 2.05) is 0 Å². The first-order chi connectivity index (χ1) is 27.3. The first kappa shape index (κ1) is 32.4. The van der Waals surface area contributed by atoms with Gasteiger partial charge in [-0.2, -0.15) is 0 Å². The SMILES string of the molecule is c1ccc(-c2ccccc2-c2ccc(N(c3cccc(-c4ccc5ccccc5c4)c3)c3cccc(-c4cc5ccccc5c5ccccc45)c3)cc2)cc1. The van der Waals surface area contributed by atoms with Crippen LogP contribution in [0.25, 0.3) is 76.8 Å². The van der Waals surface area contributed by atoms with Gasteiger partial charge in [0.15, 0.2) is 0 Å². The first-order valence-electron chi connectivity index (χ1n) is 18.9. The lowest BCUT2D eigenvalue weighted by Crippen LogP contribution is -2.10. The van der Waals surface area contributed by atoms with Crippen molar-refractivity contribution in [1.82, 2.24) is 0 Å². The molecule has 0 saturated heterocycles. The van der Waals surface area contributed by atoms with E-state index in [1.165, 1.54) is 76.8 Å². The van der Waals surface area contributed by atoms with E-state index in [9.17, 15) is 0 Å². The van der Waals surface area contributed by atoms with Gasteiger partial charge >= 0.3 is 0 Å². The maximum absolute atomic E-state index is 2.39. The highest BCUT2D eigenvalue weighted by molar-refractivity contribution is 6.14. The van der Waals surface area contributed by atoms with Crippen molar-refractivity contribution in [3.05, 3.63) is 224 Å². The Morgan fingerprint density at radius 1 is 0.218 bits per heavy atom. The topological polar surface area (TPSA) is 3.24 Å². The molecule has 0 fully saturated rings. The number of hydrogen-bond acceptors (Lipinski definition) is 1. The van der Waals surface area contributed by atoms with Crippen LogP contribution < -0.4 is 4.90 Å². The molecule has 0 bridgehead atoms. The van der Waals surface area contributed by atoms with Crippen molar-refractivity contribution in [2.24, 2.45) is 0 Å². The third-order valence-electron chi connectivity index (χ3n) is 10.8. The van der Waals surface area contributed by atoms with Gasteiger partial charge in [-0.05, 0) is 125 Å². The first-order valence-corrected chi connectivity index (χ1v) is 18.9. The number of benzene rings is 10. The Hall–Kier alpha value is -7.22. The van der Waals surface area contributed by atoms with Crippen molar-refractivity contribution in [3.8, 4) is 44.5 Å². The zero-order chi connectivity index (χ0) is 36.6. The molecule has 0 spiro atoms. The van der Waals surface area contributed by atoms with Crippen molar-refractivity contribution in [1.29, 1.82) is 0 Å². The van der Waals surface area contributed by atoms with E-state index in [0.717, 1.165) is 17.1 Å². The average Bonchev–Trinajstić information content (AvgIpc) is 3.27. The molecule has 1 nitrogen and oxygen atoms in total. The van der Waals surface area contributed by atoms with Gasteiger partial charge in [0.2, 0.25) is 0 Å². The van der Waals surface area contributed by atoms with Crippen molar-refractivity contribution in [2.75, 3.05) is 4.90 Å². The summed E-state index contributed by atoms with van der Waals surface area (Å²) in [5.41, 5.74) is 12.9. The normalized spacial score (nSPS) is 11.3. The van der Waals surface area contributed by atoms with Gasteiger partial charge < -0.3 is 4.90 Å². The fourth-order valence-electron chi connectivity index (χ4n) is 8.14. The molecular formula is C54H37N. The molecule has 0 unspecified atom stereocenters. The maximum atomic E-state index is 2.39. The van der Waals surface area contributed by atoms with Crippen LogP contribution in [0.3, 0.4) is 0 Å². The molecule has 0 atom stereocenters. The Bertz CT molecular complexity index is 2980. The van der Waals surface area contributed by atoms with Gasteiger partial charge in [-0.25, -0.2) is 0 Å². The van der Waals surface area contributed by atoms with Crippen LogP contribution >= 0.6 is 0 Å². The van der Waals surface area contributed by atoms with E-state index in [0.29, 0.717) is 0 Å². The largest absolute Gasteiger partial charge is 0.310 e. The second kappa shape index (κ2) is 14.0. The smallest absolute Gasteiger partial charge is 0.0467 e. The minimum Gasteiger partial charge on any atom is -0.310 e. The zero-order valence-electron chi connectivity index (χ0n) is 30.3. The third-order valence-corrected chi connectivity index (χ3v) is 10.8. The minimum absolute atomic E-state index is 1.09. The summed E-state index contributed by atoms with van der Waals surface area (Å²) in [6.07, 6.45) is 0. The Balaban J connectivity index is 1.12. The van der Waals surface area contributed by atoms with Gasteiger partial charge in [0.1, 0.15) is 0 Å². The predicted octanol–water partition coefficient (Wildman–Crippen LogP) is 15.3. The van der Waals surface area contributed by atoms with Gasteiger partial charge in [0.05, 0.1) is 0 Å². The Morgan fingerprint density at radius 3 is 1.47 bits per heavy atom. The van der Waals surface area contributed by atoms with Crippen LogP contribution in [0.2, 0.25) is 0 Å². The summed E-state index contributed by atoms with van der Waals surface area (Å²) in [7, 11) is 0. The summed E-state index contributed by atoms with van der Waals surface area (Å²) < 4.78 is 0. The van der Waals surface area contributed by atoms with Crippen LogP contribution in [0.1, 0.15) is 0 Å². The van der Waals surface area contributed by atoms with Gasteiger partial charge in [-0.1, -0.05) is 176 Å². The summed E-state index contributed by atoms with van der Waals surface area (Å²) in [5.74, 6) is 0. The quantitative estimate of drug-likeness (QED) is 0.150. The van der Waals surface area contributed by atoms with Gasteiger partial charge in [0, 0.05) is 17.1 Å². The Morgan fingerprint density at radius 2 is 0.727 bits per heavy atom. The van der Waals surface area contributed by atoms with Gasteiger partial charge in [-0.15, -0.1) is 0 Å². The number of fused-ring (bicyclic) bond motifs is 4. The zero-order valence-corrected chi connectivity index (χ0v) is 30.3. The fourth-order valence-corrected chi connectivity index (χ4v) is 8.14. The molecule has 0 heterocycles. The predicted molar refractivity (Wildman–Crippen MR) is 235 cm³/mol. The molecule has 258 valence electrons. The Kier molecular flexibility index (Phi) is 8.24. The molecule has 1 heteroatoms. The van der Waals surface area contributed by atoms with E-state index < -0.39 is 0 Å². The van der Waals surface area contributed by atoms with E-state index >= 15 is 0 Å². The second-order valence-electron chi connectivity index (χ2n) is 14.1. The number of anilines is 3. The third kappa shape index (κ3) is 6.12. The molecule has 10 aromatic rings. The standard InChI is InChI=1S/C54H37N/c1-2-15-39(16-3-1)49-23-8-9-24-50(49)40-30-32-46(33-31-40)55(47-21-12-19-42(35-47)43-29-28-38-14-4-5-17-41(38)34-43)48-22-13-20-44(36-48)54-37-45-18-6-7-25-51(45)52-26-10-11-27-53(52)54/h1-37H. The van der Waals surface area contributed by atoms with Crippen molar-refractivity contribution >= 4 is 49.4 Å². The lowest BCUT2D eigenvalue weighted by atomic mass is 9.93. The van der Waals surface area contributed by atoms with Gasteiger partial charge in [-0.3, -0.25) is 0 Å². The number of rotatable bonds is 7. The van der Waals surface area contributed by atoms with E-state index in [2.05, 4.69) is 229 Å². The summed E-state index contributed by atoms with van der Waals surface area (Å²) in [5, 5.41) is 7.53. The summed E-state index contributed by atoms with van der Waals surface area (Å²) in [6.45, 7) is 0. The lowest BCUT2D eigenvalue weighted by Gasteiger charge is -2.27. The molecular weight excluding hydrogens is 663 g/mol. The lowest BCUT2D eigenvalue weighted by molar-refractivity contribution is 1.28. The van der Waals surface area contributed by atoms with E-state index in [4.69, 9.17) is 0 Å². The Labute approximate surface area is 322 Å². The van der Waals surface area contributed by atoms with Crippen LogP contribution in [-0.2, 0) is 0 Å². The van der Waals surface area contributed by atoms with Crippen LogP contribution in [0.4, 0.5) is 17.1 Å². The molecule has 0 radical (unpaired) electrons. The highest BCUT2D eigenvalue weighted by atomic mass is 15.1. The molecule has 0 aliphatic heterocycles. The van der Waals surface area contributed by atoms with Gasteiger partial charge in [0.25, 0.3) is 0 Å². The highest BCUT2D eigenvalue weighted by Crippen LogP contribution is 2.42. The molecule has 0 aliphatic rings. The molecule has 0 N–H and O–H groups in total. The monoisotopic (exact) mass is 699 g/mol. The second-order valence-corrected chi connectivity index (χ2v) is 14.1. The average molecular weight is 700 g/mol. The summed E-state index contributed by atoms with van der Waals surface area (Å²) >= 11 is 0. The van der Waals surface area contributed by atoms with Crippen molar-refractivity contribution in [2.45, 2.75) is 0 Å². The summed E-state index contributed by atoms with van der Waals surface area (Å²) in [4.78, 5) is 2.39. The van der Waals surface area contributed by atoms with Crippen molar-refractivity contribution in [3.63, 3.8) is 0 Å². The van der Waals surface area contributed by atoms with Crippen LogP contribution in [0.5, 0.6) is 0 Å².